The molecule has 0 bridgehead atoms. The fourth-order valence-electron chi connectivity index (χ4n) is 2.88. The van der Waals surface area contributed by atoms with Crippen molar-refractivity contribution in [3.05, 3.63) is 65.7 Å². The number of benzene rings is 2. The van der Waals surface area contributed by atoms with Crippen molar-refractivity contribution in [2.45, 2.75) is 19.3 Å². The molecule has 0 saturated heterocycles. The lowest BCUT2D eigenvalue weighted by atomic mass is 9.78. The molecule has 0 heterocycles. The van der Waals surface area contributed by atoms with E-state index >= 15 is 0 Å². The normalized spacial score (nSPS) is 11.3. The lowest BCUT2D eigenvalue weighted by Gasteiger charge is -2.26. The van der Waals surface area contributed by atoms with Crippen LogP contribution in [-0.4, -0.2) is 58.5 Å². The molecule has 0 fully saturated rings. The van der Waals surface area contributed by atoms with E-state index in [1.54, 1.807) is 0 Å². The first-order valence-electron chi connectivity index (χ1n) is 9.72. The molecular weight excluding hydrogens is 372 g/mol. The predicted molar refractivity (Wildman–Crippen MR) is 120 cm³/mol. The first-order chi connectivity index (χ1) is 13.0. The van der Waals surface area contributed by atoms with Crippen LogP contribution in [0.5, 0.6) is 5.75 Å². The highest BCUT2D eigenvalue weighted by Gasteiger charge is 2.22. The van der Waals surface area contributed by atoms with E-state index in [2.05, 4.69) is 80.6 Å². The zero-order valence-electron chi connectivity index (χ0n) is 17.6. The van der Waals surface area contributed by atoms with E-state index in [0.717, 1.165) is 25.4 Å². The molecule has 2 rings (SSSR count). The molecule has 1 N–H and O–H groups in total. The highest BCUT2D eigenvalue weighted by molar-refractivity contribution is 5.85. The van der Waals surface area contributed by atoms with Gasteiger partial charge in [-0.1, -0.05) is 56.3 Å². The Kier molecular flexibility index (Phi) is 11.2. The first kappa shape index (κ1) is 24.4. The van der Waals surface area contributed by atoms with Gasteiger partial charge >= 0.3 is 0 Å². The quantitative estimate of drug-likeness (QED) is 0.540. The molecule has 156 valence electrons. The van der Waals surface area contributed by atoms with Crippen molar-refractivity contribution in [1.29, 1.82) is 0 Å². The SMILES string of the molecule is CN(C)CCNCCOCCOc1ccc(C(C)(C)c2ccccc2)cc1.Cl. The van der Waals surface area contributed by atoms with E-state index in [1.165, 1.54) is 11.1 Å². The van der Waals surface area contributed by atoms with Gasteiger partial charge in [-0.25, -0.2) is 0 Å². The number of halogens is 1. The largest absolute Gasteiger partial charge is 0.491 e. The molecule has 0 aromatic heterocycles. The van der Waals surface area contributed by atoms with Crippen LogP contribution in [0.25, 0.3) is 0 Å². The Morgan fingerprint density at radius 3 is 2.11 bits per heavy atom. The van der Waals surface area contributed by atoms with Gasteiger partial charge in [0, 0.05) is 25.0 Å². The molecule has 0 aliphatic heterocycles. The lowest BCUT2D eigenvalue weighted by molar-refractivity contribution is 0.102. The minimum atomic E-state index is -0.0253. The van der Waals surface area contributed by atoms with E-state index in [-0.39, 0.29) is 17.8 Å². The summed E-state index contributed by atoms with van der Waals surface area (Å²) in [7, 11) is 4.15. The van der Waals surface area contributed by atoms with E-state index < -0.39 is 0 Å². The fourth-order valence-corrected chi connectivity index (χ4v) is 2.88. The third-order valence-electron chi connectivity index (χ3n) is 4.73. The van der Waals surface area contributed by atoms with Crippen LogP contribution in [0, 0.1) is 0 Å². The van der Waals surface area contributed by atoms with Crippen LogP contribution in [0.2, 0.25) is 0 Å². The van der Waals surface area contributed by atoms with Crippen LogP contribution in [0.15, 0.2) is 54.6 Å². The molecule has 2 aromatic carbocycles. The lowest BCUT2D eigenvalue weighted by Crippen LogP contribution is -2.29. The zero-order chi connectivity index (χ0) is 19.5. The molecule has 0 radical (unpaired) electrons. The number of nitrogens with one attached hydrogen (secondary N) is 1. The van der Waals surface area contributed by atoms with Crippen LogP contribution in [0.4, 0.5) is 0 Å². The zero-order valence-corrected chi connectivity index (χ0v) is 18.4. The Balaban J connectivity index is 0.00000392. The summed E-state index contributed by atoms with van der Waals surface area (Å²) < 4.78 is 11.4. The maximum atomic E-state index is 5.79. The first-order valence-corrected chi connectivity index (χ1v) is 9.72. The number of hydrogen-bond acceptors (Lipinski definition) is 4. The highest BCUT2D eigenvalue weighted by atomic mass is 35.5. The van der Waals surface area contributed by atoms with Crippen LogP contribution >= 0.6 is 12.4 Å². The van der Waals surface area contributed by atoms with Crippen molar-refractivity contribution in [3.8, 4) is 5.75 Å². The molecule has 0 aliphatic carbocycles. The van der Waals surface area contributed by atoms with Gasteiger partial charge in [0.1, 0.15) is 12.4 Å². The van der Waals surface area contributed by atoms with Crippen molar-refractivity contribution in [2.24, 2.45) is 0 Å². The monoisotopic (exact) mass is 406 g/mol. The molecule has 0 aliphatic rings. The minimum Gasteiger partial charge on any atom is -0.491 e. The van der Waals surface area contributed by atoms with E-state index in [9.17, 15) is 0 Å². The molecule has 0 spiro atoms. The van der Waals surface area contributed by atoms with E-state index in [1.807, 2.05) is 12.1 Å². The molecule has 0 saturated carbocycles. The number of nitrogens with zero attached hydrogens (tertiary/aromatic N) is 1. The van der Waals surface area contributed by atoms with Crippen LogP contribution in [0.3, 0.4) is 0 Å². The van der Waals surface area contributed by atoms with Crippen LogP contribution in [-0.2, 0) is 10.2 Å². The van der Waals surface area contributed by atoms with Gasteiger partial charge in [0.2, 0.25) is 0 Å². The fraction of sp³-hybridized carbons (Fsp3) is 0.478. The average molecular weight is 407 g/mol. The number of hydrogen-bond donors (Lipinski definition) is 1. The maximum Gasteiger partial charge on any atom is 0.119 e. The summed E-state index contributed by atoms with van der Waals surface area (Å²) in [6.07, 6.45) is 0. The molecule has 5 heteroatoms. The van der Waals surface area contributed by atoms with Gasteiger partial charge in [0.25, 0.3) is 0 Å². The molecule has 0 unspecified atom stereocenters. The Bertz CT molecular complexity index is 645. The summed E-state index contributed by atoms with van der Waals surface area (Å²) >= 11 is 0. The summed E-state index contributed by atoms with van der Waals surface area (Å²) in [4.78, 5) is 2.16. The van der Waals surface area contributed by atoms with Crippen molar-refractivity contribution >= 4 is 12.4 Å². The second-order valence-electron chi connectivity index (χ2n) is 7.53. The summed E-state index contributed by atoms with van der Waals surface area (Å²) in [5, 5.41) is 3.35. The van der Waals surface area contributed by atoms with Gasteiger partial charge in [-0.15, -0.1) is 12.4 Å². The second-order valence-corrected chi connectivity index (χ2v) is 7.53. The summed E-state index contributed by atoms with van der Waals surface area (Å²) in [5.74, 6) is 0.885. The summed E-state index contributed by atoms with van der Waals surface area (Å²) in [6, 6.07) is 19.0. The number of likely N-dealkylation sites (N-methyl/N-ethyl adjacent to an activating group) is 1. The molecule has 28 heavy (non-hydrogen) atoms. The maximum absolute atomic E-state index is 5.79. The van der Waals surface area contributed by atoms with Crippen molar-refractivity contribution in [3.63, 3.8) is 0 Å². The van der Waals surface area contributed by atoms with Gasteiger partial charge in [-0.05, 0) is 37.4 Å². The molecule has 0 atom stereocenters. The topological polar surface area (TPSA) is 33.7 Å². The number of rotatable bonds is 12. The standard InChI is InChI=1S/C23H34N2O2.ClH/c1-23(2,20-8-6-5-7-9-20)21-10-12-22(13-11-21)27-19-18-26-17-15-24-14-16-25(3)4;/h5-13,24H,14-19H2,1-4H3;1H. The van der Waals surface area contributed by atoms with E-state index in [4.69, 9.17) is 9.47 Å². The summed E-state index contributed by atoms with van der Waals surface area (Å²) in [5.41, 5.74) is 2.56. The van der Waals surface area contributed by atoms with Gasteiger partial charge in [-0.2, -0.15) is 0 Å². The van der Waals surface area contributed by atoms with Crippen molar-refractivity contribution in [2.75, 3.05) is 53.6 Å². The van der Waals surface area contributed by atoms with Crippen molar-refractivity contribution < 1.29 is 9.47 Å². The Hall–Kier alpha value is -1.59. The second kappa shape index (κ2) is 12.8. The van der Waals surface area contributed by atoms with E-state index in [0.29, 0.717) is 19.8 Å². The molecule has 2 aromatic rings. The minimum absolute atomic E-state index is 0. The molecule has 4 nitrogen and oxygen atoms in total. The van der Waals surface area contributed by atoms with Crippen LogP contribution < -0.4 is 10.1 Å². The Morgan fingerprint density at radius 1 is 0.821 bits per heavy atom. The summed E-state index contributed by atoms with van der Waals surface area (Å²) in [6.45, 7) is 9.28. The van der Waals surface area contributed by atoms with Gasteiger partial charge in [0.15, 0.2) is 0 Å². The molecular formula is C23H35ClN2O2. The van der Waals surface area contributed by atoms with Gasteiger partial charge in [-0.3, -0.25) is 0 Å². The van der Waals surface area contributed by atoms with Gasteiger partial charge < -0.3 is 19.7 Å². The average Bonchev–Trinajstić information content (AvgIpc) is 2.67. The predicted octanol–water partition coefficient (Wildman–Crippen LogP) is 3.98. The number of ether oxygens (including phenoxy) is 2. The van der Waals surface area contributed by atoms with Crippen LogP contribution in [0.1, 0.15) is 25.0 Å². The third-order valence-corrected chi connectivity index (χ3v) is 4.73. The Labute approximate surface area is 176 Å². The Morgan fingerprint density at radius 2 is 1.46 bits per heavy atom. The smallest absolute Gasteiger partial charge is 0.119 e. The molecule has 0 amide bonds. The van der Waals surface area contributed by atoms with Crippen molar-refractivity contribution in [1.82, 2.24) is 10.2 Å². The van der Waals surface area contributed by atoms with Gasteiger partial charge in [0.05, 0.1) is 13.2 Å². The third kappa shape index (κ3) is 8.19. The highest BCUT2D eigenvalue weighted by Crippen LogP contribution is 2.32.